The number of carbonyl (C=O) groups is 1. The minimum Gasteiger partial charge on any atom is -0.465 e. The number of nitrogens with zero attached hydrogens (tertiary/aromatic N) is 5. The van der Waals surface area contributed by atoms with Crippen molar-refractivity contribution >= 4 is 34.5 Å². The molecule has 1 aliphatic rings. The summed E-state index contributed by atoms with van der Waals surface area (Å²) >= 11 is 1.84. The molecule has 1 aromatic carbocycles. The van der Waals surface area contributed by atoms with E-state index >= 15 is 0 Å². The number of thiophene rings is 1. The molecule has 9 heteroatoms. The number of anilines is 2. The fraction of sp³-hybridized carbons (Fsp3) is 0.452. The molecule has 5 rings (SSSR count). The second-order valence-corrected chi connectivity index (χ2v) is 11.9. The van der Waals surface area contributed by atoms with Crippen molar-refractivity contribution in [2.45, 2.75) is 58.0 Å². The van der Waals surface area contributed by atoms with E-state index in [1.807, 2.05) is 50.4 Å². The highest BCUT2D eigenvalue weighted by Crippen LogP contribution is 2.27. The third-order valence-corrected chi connectivity index (χ3v) is 8.56. The quantitative estimate of drug-likeness (QED) is 0.178. The van der Waals surface area contributed by atoms with E-state index in [-0.39, 0.29) is 5.97 Å². The van der Waals surface area contributed by atoms with E-state index in [4.69, 9.17) is 4.74 Å². The summed E-state index contributed by atoms with van der Waals surface area (Å²) in [5.41, 5.74) is 1.86. The van der Waals surface area contributed by atoms with Crippen molar-refractivity contribution in [3.05, 3.63) is 76.7 Å². The molecule has 8 nitrogen and oxygen atoms in total. The number of imidazole rings is 1. The van der Waals surface area contributed by atoms with Gasteiger partial charge in [0, 0.05) is 36.2 Å². The lowest BCUT2D eigenvalue weighted by Gasteiger charge is -2.39. The molecule has 3 aromatic heterocycles. The average molecular weight is 561 g/mol. The van der Waals surface area contributed by atoms with Gasteiger partial charge >= 0.3 is 5.97 Å². The molecule has 4 heterocycles. The maximum atomic E-state index is 12.4. The number of para-hydroxylation sites is 1. The number of piperidine rings is 1. The van der Waals surface area contributed by atoms with Crippen molar-refractivity contribution < 1.29 is 9.53 Å². The summed E-state index contributed by atoms with van der Waals surface area (Å²) in [6.07, 6.45) is 5.22. The molecule has 4 aromatic rings. The second-order valence-electron chi connectivity index (χ2n) is 10.9. The number of nitrogens with one attached hydrogen (secondary N) is 1. The number of benzene rings is 1. The molecule has 0 aliphatic carbocycles. The van der Waals surface area contributed by atoms with Crippen LogP contribution in [0.3, 0.4) is 0 Å². The van der Waals surface area contributed by atoms with E-state index < -0.39 is 5.41 Å². The van der Waals surface area contributed by atoms with Gasteiger partial charge < -0.3 is 19.9 Å². The van der Waals surface area contributed by atoms with E-state index in [1.54, 1.807) is 4.52 Å². The molecule has 0 atom stereocenters. The van der Waals surface area contributed by atoms with Crippen LogP contribution in [0.4, 0.5) is 11.5 Å². The Hall–Kier alpha value is -3.43. The summed E-state index contributed by atoms with van der Waals surface area (Å²) in [7, 11) is 0. The van der Waals surface area contributed by atoms with Gasteiger partial charge in [-0.3, -0.25) is 4.79 Å². The average Bonchev–Trinajstić information content (AvgIpc) is 3.65. The SMILES string of the molecule is CCOC(=O)C(C)(C)c1cn2nc(NCCCN3CCC(N(Cc4cccs4)c4ccccc4)CC3)ccc2n1. The van der Waals surface area contributed by atoms with Gasteiger partial charge in [-0.25, -0.2) is 9.50 Å². The van der Waals surface area contributed by atoms with Gasteiger partial charge in [0.15, 0.2) is 5.65 Å². The van der Waals surface area contributed by atoms with Crippen LogP contribution in [0.5, 0.6) is 0 Å². The zero-order chi connectivity index (χ0) is 28.0. The number of hydrogen-bond acceptors (Lipinski definition) is 8. The number of fused-ring (bicyclic) bond motifs is 1. The van der Waals surface area contributed by atoms with Crippen molar-refractivity contribution in [3.63, 3.8) is 0 Å². The summed E-state index contributed by atoms with van der Waals surface area (Å²) in [6, 6.07) is 19.7. The Balaban J connectivity index is 1.10. The number of hydrogen-bond donors (Lipinski definition) is 1. The predicted molar refractivity (Wildman–Crippen MR) is 162 cm³/mol. The number of carbonyl (C=O) groups excluding carboxylic acids is 1. The van der Waals surface area contributed by atoms with E-state index in [0.717, 1.165) is 45.0 Å². The number of aromatic nitrogens is 3. The van der Waals surface area contributed by atoms with E-state index in [0.29, 0.717) is 24.0 Å². The number of rotatable bonds is 12. The molecule has 1 saturated heterocycles. The standard InChI is InChI=1S/C31H40N6O2S/c1-4-39-30(38)31(2,3)27-23-37-29(33-27)14-13-28(34-37)32-17-9-18-35-19-15-25(16-20-35)36(22-26-12-8-21-40-26)24-10-6-5-7-11-24/h5-8,10-14,21,23,25H,4,9,15-20,22H2,1-3H3,(H,32,34). The van der Waals surface area contributed by atoms with Crippen LogP contribution in [0.15, 0.2) is 66.2 Å². The Morgan fingerprint density at radius 1 is 1.12 bits per heavy atom. The van der Waals surface area contributed by atoms with E-state index in [2.05, 4.69) is 73.0 Å². The topological polar surface area (TPSA) is 75.0 Å². The zero-order valence-electron chi connectivity index (χ0n) is 23.8. The Morgan fingerprint density at radius 3 is 2.65 bits per heavy atom. The Morgan fingerprint density at radius 2 is 1.93 bits per heavy atom. The van der Waals surface area contributed by atoms with Crippen LogP contribution in [0.25, 0.3) is 5.65 Å². The summed E-state index contributed by atoms with van der Waals surface area (Å²) in [5, 5.41) is 10.3. The monoisotopic (exact) mass is 560 g/mol. The van der Waals surface area contributed by atoms with Gasteiger partial charge in [0.1, 0.15) is 11.2 Å². The molecule has 0 unspecified atom stereocenters. The first kappa shape index (κ1) is 28.1. The van der Waals surface area contributed by atoms with Crippen LogP contribution in [-0.2, 0) is 21.5 Å². The lowest BCUT2D eigenvalue weighted by atomic mass is 9.90. The summed E-state index contributed by atoms with van der Waals surface area (Å²) < 4.78 is 6.96. The highest BCUT2D eigenvalue weighted by atomic mass is 32.1. The van der Waals surface area contributed by atoms with Crippen LogP contribution in [-0.4, -0.2) is 64.3 Å². The van der Waals surface area contributed by atoms with Crippen LogP contribution in [0, 0.1) is 0 Å². The number of ether oxygens (including phenoxy) is 1. The van der Waals surface area contributed by atoms with Gasteiger partial charge in [0.05, 0.1) is 25.0 Å². The Kier molecular flexibility index (Phi) is 9.01. The highest BCUT2D eigenvalue weighted by Gasteiger charge is 2.34. The lowest BCUT2D eigenvalue weighted by molar-refractivity contribution is -0.148. The number of likely N-dealkylation sites (tertiary alicyclic amines) is 1. The molecular weight excluding hydrogens is 520 g/mol. The van der Waals surface area contributed by atoms with Crippen LogP contribution < -0.4 is 10.2 Å². The van der Waals surface area contributed by atoms with Gasteiger partial charge in [-0.05, 0) is 82.3 Å². The van der Waals surface area contributed by atoms with E-state index in [1.165, 1.54) is 23.4 Å². The molecule has 0 radical (unpaired) electrons. The maximum absolute atomic E-state index is 12.4. The lowest BCUT2D eigenvalue weighted by Crippen LogP contribution is -2.45. The minimum absolute atomic E-state index is 0.281. The van der Waals surface area contributed by atoms with Crippen LogP contribution >= 0.6 is 11.3 Å². The van der Waals surface area contributed by atoms with Gasteiger partial charge in [0.2, 0.25) is 0 Å². The van der Waals surface area contributed by atoms with E-state index in [9.17, 15) is 4.79 Å². The van der Waals surface area contributed by atoms with Crippen molar-refractivity contribution in [2.24, 2.45) is 0 Å². The molecule has 0 amide bonds. The third-order valence-electron chi connectivity index (χ3n) is 7.70. The largest absolute Gasteiger partial charge is 0.465 e. The molecule has 0 spiro atoms. The first-order valence-corrected chi connectivity index (χ1v) is 15.2. The normalized spacial score (nSPS) is 14.9. The molecule has 212 valence electrons. The fourth-order valence-corrected chi connectivity index (χ4v) is 5.99. The van der Waals surface area contributed by atoms with Crippen molar-refractivity contribution in [3.8, 4) is 0 Å². The predicted octanol–water partition coefficient (Wildman–Crippen LogP) is 5.60. The maximum Gasteiger partial charge on any atom is 0.317 e. The summed E-state index contributed by atoms with van der Waals surface area (Å²) in [4.78, 5) is 23.6. The van der Waals surface area contributed by atoms with Gasteiger partial charge in [-0.15, -0.1) is 16.4 Å². The molecular formula is C31H40N6O2S. The van der Waals surface area contributed by atoms with Gasteiger partial charge in [-0.2, -0.15) is 0 Å². The van der Waals surface area contributed by atoms with Gasteiger partial charge in [0.25, 0.3) is 0 Å². The van der Waals surface area contributed by atoms with Crippen LogP contribution in [0.1, 0.15) is 50.6 Å². The third kappa shape index (κ3) is 6.64. The Bertz CT molecular complexity index is 1360. The fourth-order valence-electron chi connectivity index (χ4n) is 5.29. The van der Waals surface area contributed by atoms with Crippen LogP contribution in [0.2, 0.25) is 0 Å². The summed E-state index contributed by atoms with van der Waals surface area (Å²) in [5.74, 6) is 0.521. The molecule has 0 bridgehead atoms. The summed E-state index contributed by atoms with van der Waals surface area (Å²) in [6.45, 7) is 11.0. The highest BCUT2D eigenvalue weighted by molar-refractivity contribution is 7.09. The molecule has 1 aliphatic heterocycles. The first-order valence-electron chi connectivity index (χ1n) is 14.3. The van der Waals surface area contributed by atoms with Gasteiger partial charge in [-0.1, -0.05) is 24.3 Å². The molecule has 40 heavy (non-hydrogen) atoms. The van der Waals surface area contributed by atoms with Crippen molar-refractivity contribution in [1.29, 1.82) is 0 Å². The van der Waals surface area contributed by atoms with Crippen molar-refractivity contribution in [2.75, 3.05) is 43.0 Å². The first-order chi connectivity index (χ1) is 19.4. The second kappa shape index (κ2) is 12.8. The minimum atomic E-state index is -0.827. The zero-order valence-corrected chi connectivity index (χ0v) is 24.6. The molecule has 1 N–H and O–H groups in total. The number of esters is 1. The molecule has 0 saturated carbocycles. The van der Waals surface area contributed by atoms with Crippen molar-refractivity contribution in [1.82, 2.24) is 19.5 Å². The Labute approximate surface area is 241 Å². The smallest absolute Gasteiger partial charge is 0.317 e. The molecule has 1 fully saturated rings.